The highest BCUT2D eigenvalue weighted by atomic mass is 79.9. The summed E-state index contributed by atoms with van der Waals surface area (Å²) in [5, 5.41) is 2.31. The lowest BCUT2D eigenvalue weighted by Crippen LogP contribution is -2.07. The van der Waals surface area contributed by atoms with Crippen LogP contribution in [0.4, 0.5) is 0 Å². The summed E-state index contributed by atoms with van der Waals surface area (Å²) in [6.45, 7) is 1.32. The van der Waals surface area contributed by atoms with Crippen molar-refractivity contribution in [2.24, 2.45) is 0 Å². The number of rotatable bonds is 6. The Morgan fingerprint density at radius 3 is 2.72 bits per heavy atom. The Morgan fingerprint density at radius 2 is 1.89 bits per heavy atom. The van der Waals surface area contributed by atoms with Crippen LogP contribution >= 0.6 is 15.9 Å². The molecule has 2 rings (SSSR count). The standard InChI is InChI=1S/C14H15BrO3/c1-16-8-9-17-10-18-13-7-6-11-4-2-3-5-12(11)14(13)15/h2-7H,8-10H2,1H3. The fourth-order valence-corrected chi connectivity index (χ4v) is 2.24. The molecule has 0 amide bonds. The van der Waals surface area contributed by atoms with Crippen molar-refractivity contribution < 1.29 is 14.2 Å². The van der Waals surface area contributed by atoms with Gasteiger partial charge in [-0.1, -0.05) is 30.3 Å². The van der Waals surface area contributed by atoms with Gasteiger partial charge in [-0.2, -0.15) is 0 Å². The average molecular weight is 311 g/mol. The molecule has 2 aromatic rings. The van der Waals surface area contributed by atoms with Gasteiger partial charge in [0.15, 0.2) is 6.79 Å². The predicted octanol–water partition coefficient (Wildman–Crippen LogP) is 3.60. The van der Waals surface area contributed by atoms with Gasteiger partial charge in [-0.05, 0) is 32.8 Å². The van der Waals surface area contributed by atoms with Crippen LogP contribution in [0, 0.1) is 0 Å². The van der Waals surface area contributed by atoms with Crippen molar-refractivity contribution in [3.63, 3.8) is 0 Å². The number of benzene rings is 2. The zero-order chi connectivity index (χ0) is 12.8. The van der Waals surface area contributed by atoms with Gasteiger partial charge in [-0.25, -0.2) is 0 Å². The minimum atomic E-state index is 0.223. The minimum absolute atomic E-state index is 0.223. The molecule has 18 heavy (non-hydrogen) atoms. The molecule has 0 radical (unpaired) electrons. The number of ether oxygens (including phenoxy) is 3. The van der Waals surface area contributed by atoms with Gasteiger partial charge < -0.3 is 14.2 Å². The molecule has 0 saturated heterocycles. The molecule has 96 valence electrons. The van der Waals surface area contributed by atoms with Gasteiger partial charge in [0.1, 0.15) is 5.75 Å². The fourth-order valence-electron chi connectivity index (χ4n) is 1.63. The number of methoxy groups -OCH3 is 1. The van der Waals surface area contributed by atoms with Crippen LogP contribution in [0.2, 0.25) is 0 Å². The van der Waals surface area contributed by atoms with Crippen LogP contribution in [0.25, 0.3) is 10.8 Å². The first-order valence-electron chi connectivity index (χ1n) is 5.69. The van der Waals surface area contributed by atoms with Crippen molar-refractivity contribution in [3.05, 3.63) is 40.9 Å². The highest BCUT2D eigenvalue weighted by Crippen LogP contribution is 2.32. The van der Waals surface area contributed by atoms with E-state index in [0.717, 1.165) is 15.6 Å². The van der Waals surface area contributed by atoms with Gasteiger partial charge in [-0.3, -0.25) is 0 Å². The van der Waals surface area contributed by atoms with E-state index in [9.17, 15) is 0 Å². The Balaban J connectivity index is 2.03. The molecule has 3 nitrogen and oxygen atoms in total. The number of hydrogen-bond donors (Lipinski definition) is 0. The molecule has 0 aromatic heterocycles. The summed E-state index contributed by atoms with van der Waals surface area (Å²) in [6, 6.07) is 12.1. The molecule has 0 aliphatic heterocycles. The average Bonchev–Trinajstić information content (AvgIpc) is 2.41. The Bertz CT molecular complexity index is 513. The van der Waals surface area contributed by atoms with Crippen molar-refractivity contribution in [2.45, 2.75) is 0 Å². The van der Waals surface area contributed by atoms with E-state index in [-0.39, 0.29) is 6.79 Å². The second kappa shape index (κ2) is 6.73. The molecule has 0 spiro atoms. The van der Waals surface area contributed by atoms with Crippen LogP contribution in [0.1, 0.15) is 0 Å². The topological polar surface area (TPSA) is 27.7 Å². The summed E-state index contributed by atoms with van der Waals surface area (Å²) in [5.74, 6) is 0.783. The van der Waals surface area contributed by atoms with Crippen molar-refractivity contribution in [1.82, 2.24) is 0 Å². The Labute approximate surface area is 115 Å². The molecule has 0 aliphatic rings. The summed E-state index contributed by atoms with van der Waals surface area (Å²) in [7, 11) is 1.64. The lowest BCUT2D eigenvalue weighted by Gasteiger charge is -2.10. The van der Waals surface area contributed by atoms with Gasteiger partial charge >= 0.3 is 0 Å². The summed E-state index contributed by atoms with van der Waals surface area (Å²) < 4.78 is 16.7. The second-order valence-corrected chi connectivity index (χ2v) is 4.56. The first kappa shape index (κ1) is 13.3. The number of halogens is 1. The van der Waals surface area contributed by atoms with Crippen molar-refractivity contribution >= 4 is 26.7 Å². The third kappa shape index (κ3) is 3.22. The molecule has 4 heteroatoms. The van der Waals surface area contributed by atoms with E-state index in [1.807, 2.05) is 24.3 Å². The number of hydrogen-bond acceptors (Lipinski definition) is 3. The smallest absolute Gasteiger partial charge is 0.189 e. The van der Waals surface area contributed by atoms with E-state index in [1.54, 1.807) is 7.11 Å². The van der Waals surface area contributed by atoms with Gasteiger partial charge in [0.2, 0.25) is 0 Å². The van der Waals surface area contributed by atoms with E-state index >= 15 is 0 Å². The molecule has 0 fully saturated rings. The molecule has 0 aliphatic carbocycles. The van der Waals surface area contributed by atoms with E-state index in [0.29, 0.717) is 13.2 Å². The maximum Gasteiger partial charge on any atom is 0.189 e. The molecule has 0 unspecified atom stereocenters. The zero-order valence-corrected chi connectivity index (χ0v) is 11.8. The Hall–Kier alpha value is -1.10. The molecule has 0 N–H and O–H groups in total. The molecule has 2 aromatic carbocycles. The van der Waals surface area contributed by atoms with E-state index in [1.165, 1.54) is 5.39 Å². The van der Waals surface area contributed by atoms with Crippen LogP contribution in [0.3, 0.4) is 0 Å². The molecule has 0 atom stereocenters. The third-order valence-corrected chi connectivity index (χ3v) is 3.38. The lowest BCUT2D eigenvalue weighted by atomic mass is 10.1. The van der Waals surface area contributed by atoms with Crippen molar-refractivity contribution in [3.8, 4) is 5.75 Å². The highest BCUT2D eigenvalue weighted by molar-refractivity contribution is 9.10. The van der Waals surface area contributed by atoms with Crippen molar-refractivity contribution in [2.75, 3.05) is 27.1 Å². The van der Waals surface area contributed by atoms with Gasteiger partial charge in [0, 0.05) is 7.11 Å². The van der Waals surface area contributed by atoms with Gasteiger partial charge in [0.05, 0.1) is 17.7 Å². The quantitative estimate of drug-likeness (QED) is 0.602. The molecule has 0 saturated carbocycles. The molecule has 0 heterocycles. The van der Waals surface area contributed by atoms with Gasteiger partial charge in [0.25, 0.3) is 0 Å². The monoisotopic (exact) mass is 310 g/mol. The van der Waals surface area contributed by atoms with Crippen LogP contribution in [0.15, 0.2) is 40.9 Å². The van der Waals surface area contributed by atoms with Crippen molar-refractivity contribution in [1.29, 1.82) is 0 Å². The van der Waals surface area contributed by atoms with Crippen LogP contribution in [-0.4, -0.2) is 27.1 Å². The maximum atomic E-state index is 5.57. The van der Waals surface area contributed by atoms with E-state index in [4.69, 9.17) is 14.2 Å². The SMILES string of the molecule is COCCOCOc1ccc2ccccc2c1Br. The highest BCUT2D eigenvalue weighted by Gasteiger charge is 2.05. The predicted molar refractivity (Wildman–Crippen MR) is 75.0 cm³/mol. The molecular formula is C14H15BrO3. The fraction of sp³-hybridized carbons (Fsp3) is 0.286. The first-order valence-corrected chi connectivity index (χ1v) is 6.49. The van der Waals surface area contributed by atoms with E-state index < -0.39 is 0 Å². The summed E-state index contributed by atoms with van der Waals surface area (Å²) in [4.78, 5) is 0. The lowest BCUT2D eigenvalue weighted by molar-refractivity contribution is -0.00872. The van der Waals surface area contributed by atoms with Crippen LogP contribution < -0.4 is 4.74 Å². The summed E-state index contributed by atoms with van der Waals surface area (Å²) >= 11 is 3.56. The first-order chi connectivity index (χ1) is 8.83. The largest absolute Gasteiger partial charge is 0.466 e. The van der Waals surface area contributed by atoms with E-state index in [2.05, 4.69) is 28.1 Å². The van der Waals surface area contributed by atoms with Gasteiger partial charge in [-0.15, -0.1) is 0 Å². The normalized spacial score (nSPS) is 10.8. The molecule has 0 bridgehead atoms. The molecular weight excluding hydrogens is 296 g/mol. The maximum absolute atomic E-state index is 5.57. The summed E-state index contributed by atoms with van der Waals surface area (Å²) in [6.07, 6.45) is 0. The van der Waals surface area contributed by atoms with Crippen LogP contribution in [0.5, 0.6) is 5.75 Å². The van der Waals surface area contributed by atoms with Crippen LogP contribution in [-0.2, 0) is 9.47 Å². The summed E-state index contributed by atoms with van der Waals surface area (Å²) in [5.41, 5.74) is 0. The number of fused-ring (bicyclic) bond motifs is 1. The zero-order valence-electron chi connectivity index (χ0n) is 10.2. The minimum Gasteiger partial charge on any atom is -0.466 e. The third-order valence-electron chi connectivity index (χ3n) is 2.56. The Morgan fingerprint density at radius 1 is 1.06 bits per heavy atom. The second-order valence-electron chi connectivity index (χ2n) is 3.76. The Kier molecular flexibility index (Phi) is 4.99.